The van der Waals surface area contributed by atoms with Gasteiger partial charge in [-0.25, -0.2) is 0 Å². The maximum Gasteiger partial charge on any atom is 0.307 e. The van der Waals surface area contributed by atoms with Gasteiger partial charge in [-0.3, -0.25) is 9.59 Å². The van der Waals surface area contributed by atoms with Crippen molar-refractivity contribution in [1.29, 1.82) is 0 Å². The van der Waals surface area contributed by atoms with Crippen LogP contribution in [0, 0.1) is 11.3 Å². The van der Waals surface area contributed by atoms with E-state index in [1.54, 1.807) is 11.8 Å². The van der Waals surface area contributed by atoms with Crippen LogP contribution in [0.15, 0.2) is 64.4 Å². The fraction of sp³-hybridized carbons (Fsp3) is 0.333. The van der Waals surface area contributed by atoms with Gasteiger partial charge in [-0.1, -0.05) is 42.1 Å². The predicted octanol–water partition coefficient (Wildman–Crippen LogP) is 4.16. The average molecular weight is 367 g/mol. The molecule has 1 atom stereocenters. The van der Waals surface area contributed by atoms with E-state index in [2.05, 4.69) is 0 Å². The number of carboxylic acids is 1. The van der Waals surface area contributed by atoms with Gasteiger partial charge in [-0.2, -0.15) is 0 Å². The Balaban J connectivity index is 1.47. The molecular weight excluding hydrogens is 346 g/mol. The number of hydrogen-bond acceptors (Lipinski definition) is 3. The maximum atomic E-state index is 13.1. The third-order valence-corrected chi connectivity index (χ3v) is 6.71. The number of hydrogen-bond donors (Lipinski definition) is 1. The molecule has 5 heteroatoms. The molecule has 1 unspecified atom stereocenters. The summed E-state index contributed by atoms with van der Waals surface area (Å²) in [5, 5.41) is 9.22. The van der Waals surface area contributed by atoms with Crippen molar-refractivity contribution in [1.82, 2.24) is 4.90 Å². The van der Waals surface area contributed by atoms with E-state index in [1.165, 1.54) is 0 Å². The van der Waals surface area contributed by atoms with Crippen LogP contribution >= 0.6 is 11.8 Å². The van der Waals surface area contributed by atoms with Crippen molar-refractivity contribution < 1.29 is 14.7 Å². The molecule has 2 aromatic rings. The highest BCUT2D eigenvalue weighted by atomic mass is 32.2. The lowest BCUT2D eigenvalue weighted by molar-refractivity contribution is -0.139. The van der Waals surface area contributed by atoms with Gasteiger partial charge < -0.3 is 10.0 Å². The summed E-state index contributed by atoms with van der Waals surface area (Å²) in [6.45, 7) is 1.29. The monoisotopic (exact) mass is 367 g/mol. The van der Waals surface area contributed by atoms with E-state index >= 15 is 0 Å². The minimum absolute atomic E-state index is 0.0476. The first-order valence-electron chi connectivity index (χ1n) is 8.93. The standard InChI is InChI=1S/C21H21NO3S/c23-19(22-12-10-21(11-13-22)14-17(21)20(24)25)16-8-4-5-9-18(16)26-15-6-2-1-3-7-15/h1-9,17H,10-14H2,(H,24,25). The normalized spacial score (nSPS) is 20.8. The van der Waals surface area contributed by atoms with Crippen molar-refractivity contribution in [3.63, 3.8) is 0 Å². The summed E-state index contributed by atoms with van der Waals surface area (Å²) in [5.74, 6) is -0.846. The number of likely N-dealkylation sites (tertiary alicyclic amines) is 1. The van der Waals surface area contributed by atoms with E-state index in [0.29, 0.717) is 13.1 Å². The highest BCUT2D eigenvalue weighted by molar-refractivity contribution is 7.99. The van der Waals surface area contributed by atoms with Crippen LogP contribution in [-0.4, -0.2) is 35.0 Å². The highest BCUT2D eigenvalue weighted by Crippen LogP contribution is 2.59. The van der Waals surface area contributed by atoms with Crippen molar-refractivity contribution in [3.8, 4) is 0 Å². The van der Waals surface area contributed by atoms with E-state index in [0.717, 1.165) is 34.6 Å². The number of amides is 1. The van der Waals surface area contributed by atoms with Gasteiger partial charge in [-0.15, -0.1) is 0 Å². The molecule has 4 rings (SSSR count). The van der Waals surface area contributed by atoms with Crippen LogP contribution < -0.4 is 0 Å². The van der Waals surface area contributed by atoms with Gasteiger partial charge >= 0.3 is 5.97 Å². The van der Waals surface area contributed by atoms with Crippen molar-refractivity contribution in [2.45, 2.75) is 29.1 Å². The summed E-state index contributed by atoms with van der Waals surface area (Å²) >= 11 is 1.60. The lowest BCUT2D eigenvalue weighted by Gasteiger charge is -2.33. The zero-order chi connectivity index (χ0) is 18.1. The number of carboxylic acid groups (broad SMARTS) is 1. The molecule has 2 aromatic carbocycles. The van der Waals surface area contributed by atoms with Crippen LogP contribution in [0.1, 0.15) is 29.6 Å². The number of nitrogens with zero attached hydrogens (tertiary/aromatic N) is 1. The Kier molecular flexibility index (Phi) is 4.49. The molecule has 1 saturated heterocycles. The van der Waals surface area contributed by atoms with Crippen LogP contribution in [0.3, 0.4) is 0 Å². The van der Waals surface area contributed by atoms with Gasteiger partial charge in [0.05, 0.1) is 11.5 Å². The van der Waals surface area contributed by atoms with Gasteiger partial charge in [0, 0.05) is 22.9 Å². The van der Waals surface area contributed by atoms with E-state index in [4.69, 9.17) is 0 Å². The van der Waals surface area contributed by atoms with E-state index in [9.17, 15) is 14.7 Å². The molecule has 1 saturated carbocycles. The Hall–Kier alpha value is -2.27. The average Bonchev–Trinajstić information content (AvgIpc) is 3.37. The largest absolute Gasteiger partial charge is 0.481 e. The highest BCUT2D eigenvalue weighted by Gasteiger charge is 2.59. The van der Waals surface area contributed by atoms with Gasteiger partial charge in [-0.05, 0) is 48.9 Å². The summed E-state index contributed by atoms with van der Waals surface area (Å²) in [6, 6.07) is 17.8. The van der Waals surface area contributed by atoms with Gasteiger partial charge in [0.2, 0.25) is 0 Å². The molecule has 1 aliphatic heterocycles. The molecule has 0 bridgehead atoms. The minimum atomic E-state index is -0.686. The quantitative estimate of drug-likeness (QED) is 0.881. The molecule has 26 heavy (non-hydrogen) atoms. The Bertz CT molecular complexity index is 828. The molecule has 0 radical (unpaired) electrons. The molecule has 4 nitrogen and oxygen atoms in total. The Morgan fingerprint density at radius 2 is 1.65 bits per heavy atom. The summed E-state index contributed by atoms with van der Waals surface area (Å²) < 4.78 is 0. The van der Waals surface area contributed by atoms with Crippen molar-refractivity contribution in [3.05, 3.63) is 60.2 Å². The second kappa shape index (κ2) is 6.80. The number of rotatable bonds is 4. The molecular formula is C21H21NO3S. The third kappa shape index (κ3) is 3.23. The summed E-state index contributed by atoms with van der Waals surface area (Å²) in [5.41, 5.74) is 0.670. The minimum Gasteiger partial charge on any atom is -0.481 e. The number of piperidine rings is 1. The molecule has 1 spiro atoms. The third-order valence-electron chi connectivity index (χ3n) is 5.62. The van der Waals surface area contributed by atoms with Crippen molar-refractivity contribution >= 4 is 23.6 Å². The van der Waals surface area contributed by atoms with Gasteiger partial charge in [0.15, 0.2) is 0 Å². The zero-order valence-corrected chi connectivity index (χ0v) is 15.2. The molecule has 1 amide bonds. The predicted molar refractivity (Wildman–Crippen MR) is 100 cm³/mol. The van der Waals surface area contributed by atoms with E-state index < -0.39 is 5.97 Å². The number of carbonyl (C=O) groups excluding carboxylic acids is 1. The SMILES string of the molecule is O=C(O)C1CC12CCN(C(=O)c1ccccc1Sc1ccccc1)CC2. The van der Waals surface area contributed by atoms with Crippen molar-refractivity contribution in [2.24, 2.45) is 11.3 Å². The Labute approximate surface area is 157 Å². The van der Waals surface area contributed by atoms with Crippen LogP contribution in [0.4, 0.5) is 0 Å². The molecule has 134 valence electrons. The second-order valence-corrected chi connectivity index (χ2v) is 8.28. The van der Waals surface area contributed by atoms with Gasteiger partial charge in [0.1, 0.15) is 0 Å². The lowest BCUT2D eigenvalue weighted by Crippen LogP contribution is -2.40. The summed E-state index contributed by atoms with van der Waals surface area (Å²) in [4.78, 5) is 28.2. The first-order valence-corrected chi connectivity index (χ1v) is 9.75. The smallest absolute Gasteiger partial charge is 0.307 e. The molecule has 0 aromatic heterocycles. The number of benzene rings is 2. The van der Waals surface area contributed by atoms with Crippen LogP contribution in [0.25, 0.3) is 0 Å². The number of aliphatic carboxylic acids is 1. The van der Waals surface area contributed by atoms with Crippen LogP contribution in [0.5, 0.6) is 0 Å². The number of carbonyl (C=O) groups is 2. The van der Waals surface area contributed by atoms with Crippen LogP contribution in [-0.2, 0) is 4.79 Å². The van der Waals surface area contributed by atoms with Crippen LogP contribution in [0.2, 0.25) is 0 Å². The summed E-state index contributed by atoms with van der Waals surface area (Å²) in [7, 11) is 0. The zero-order valence-electron chi connectivity index (χ0n) is 14.4. The maximum absolute atomic E-state index is 13.1. The first-order chi connectivity index (χ1) is 12.6. The molecule has 2 aliphatic rings. The van der Waals surface area contributed by atoms with Crippen molar-refractivity contribution in [2.75, 3.05) is 13.1 Å². The molecule has 2 fully saturated rings. The van der Waals surface area contributed by atoms with E-state index in [1.807, 2.05) is 59.5 Å². The Morgan fingerprint density at radius 3 is 2.31 bits per heavy atom. The second-order valence-electron chi connectivity index (χ2n) is 7.16. The van der Waals surface area contributed by atoms with E-state index in [-0.39, 0.29) is 17.2 Å². The Morgan fingerprint density at radius 1 is 1.00 bits per heavy atom. The summed E-state index contributed by atoms with van der Waals surface area (Å²) in [6.07, 6.45) is 2.36. The fourth-order valence-corrected chi connectivity index (χ4v) is 4.88. The lowest BCUT2D eigenvalue weighted by atomic mass is 9.90. The molecule has 1 heterocycles. The first kappa shape index (κ1) is 17.2. The van der Waals surface area contributed by atoms with Gasteiger partial charge in [0.25, 0.3) is 5.91 Å². The fourth-order valence-electron chi connectivity index (χ4n) is 3.92. The topological polar surface area (TPSA) is 57.6 Å². The molecule has 1 aliphatic carbocycles. The molecule has 1 N–H and O–H groups in total.